The molecule has 4 aromatic rings. The molecule has 38 heavy (non-hydrogen) atoms. The molecule has 0 N–H and O–H groups in total. The number of pyridine rings is 1. The SMILES string of the molecule is COc1ccc(-n2cc3nc(-c4cccnc4C)n(C[C@H]4CCCN(C[C@H]5CCCO5)C4)c(=O)c3n2)cc1. The maximum absolute atomic E-state index is 14.0. The van der Waals surface area contributed by atoms with E-state index in [1.165, 1.54) is 0 Å². The first-order valence-corrected chi connectivity index (χ1v) is 13.5. The molecule has 0 bridgehead atoms. The Bertz CT molecular complexity index is 1470. The number of rotatable bonds is 7. The third-order valence-corrected chi connectivity index (χ3v) is 7.74. The second kappa shape index (κ2) is 10.7. The summed E-state index contributed by atoms with van der Waals surface area (Å²) in [5.41, 5.74) is 3.39. The Kier molecular flexibility index (Phi) is 6.95. The van der Waals surface area contributed by atoms with Gasteiger partial charge in [0.1, 0.15) is 17.1 Å². The van der Waals surface area contributed by atoms with E-state index in [9.17, 15) is 4.79 Å². The molecular formula is C29H34N6O3. The van der Waals surface area contributed by atoms with Gasteiger partial charge in [-0.3, -0.25) is 14.3 Å². The van der Waals surface area contributed by atoms with Gasteiger partial charge in [-0.25, -0.2) is 9.67 Å². The first-order valence-electron chi connectivity index (χ1n) is 13.5. The van der Waals surface area contributed by atoms with Crippen molar-refractivity contribution >= 4 is 11.0 Å². The molecule has 2 aliphatic rings. The predicted octanol–water partition coefficient (Wildman–Crippen LogP) is 3.85. The lowest BCUT2D eigenvalue weighted by atomic mass is 9.97. The smallest absolute Gasteiger partial charge is 0.282 e. The van der Waals surface area contributed by atoms with Gasteiger partial charge in [0.05, 0.1) is 25.1 Å². The number of hydrogen-bond acceptors (Lipinski definition) is 7. The third kappa shape index (κ3) is 4.96. The van der Waals surface area contributed by atoms with Gasteiger partial charge in [0.2, 0.25) is 0 Å². The summed E-state index contributed by atoms with van der Waals surface area (Å²) in [5, 5.41) is 4.67. The fourth-order valence-corrected chi connectivity index (χ4v) is 5.76. The number of benzene rings is 1. The van der Waals surface area contributed by atoms with Crippen molar-refractivity contribution < 1.29 is 9.47 Å². The minimum Gasteiger partial charge on any atom is -0.497 e. The van der Waals surface area contributed by atoms with E-state index in [1.807, 2.05) is 54.1 Å². The fraction of sp³-hybridized carbons (Fsp3) is 0.448. The van der Waals surface area contributed by atoms with Crippen molar-refractivity contribution in [3.05, 3.63) is 64.8 Å². The van der Waals surface area contributed by atoms with E-state index in [1.54, 1.807) is 18.0 Å². The zero-order valence-electron chi connectivity index (χ0n) is 22.0. The van der Waals surface area contributed by atoms with Crippen molar-refractivity contribution in [2.45, 2.75) is 45.3 Å². The number of nitrogens with zero attached hydrogens (tertiary/aromatic N) is 6. The lowest BCUT2D eigenvalue weighted by Gasteiger charge is -2.34. The lowest BCUT2D eigenvalue weighted by molar-refractivity contribution is 0.0545. The third-order valence-electron chi connectivity index (χ3n) is 7.74. The number of piperidine rings is 1. The van der Waals surface area contributed by atoms with Gasteiger partial charge in [0, 0.05) is 43.7 Å². The molecule has 0 amide bonds. The second-order valence-electron chi connectivity index (χ2n) is 10.4. The Morgan fingerprint density at radius 2 is 1.97 bits per heavy atom. The Morgan fingerprint density at radius 1 is 1.11 bits per heavy atom. The van der Waals surface area contributed by atoms with Crippen LogP contribution in [0.25, 0.3) is 28.1 Å². The highest BCUT2D eigenvalue weighted by Gasteiger charge is 2.27. The van der Waals surface area contributed by atoms with E-state index in [-0.39, 0.29) is 5.56 Å². The molecule has 9 nitrogen and oxygen atoms in total. The van der Waals surface area contributed by atoms with Crippen molar-refractivity contribution in [1.82, 2.24) is 29.2 Å². The van der Waals surface area contributed by atoms with Crippen LogP contribution in [-0.2, 0) is 11.3 Å². The molecule has 2 fully saturated rings. The fourth-order valence-electron chi connectivity index (χ4n) is 5.76. The Hall–Kier alpha value is -3.56. The number of hydrogen-bond donors (Lipinski definition) is 0. The summed E-state index contributed by atoms with van der Waals surface area (Å²) in [6.07, 6.45) is 8.42. The highest BCUT2D eigenvalue weighted by Crippen LogP contribution is 2.26. The zero-order valence-corrected chi connectivity index (χ0v) is 22.0. The van der Waals surface area contributed by atoms with Crippen LogP contribution in [0.2, 0.25) is 0 Å². The van der Waals surface area contributed by atoms with Crippen LogP contribution in [0.4, 0.5) is 0 Å². The van der Waals surface area contributed by atoms with E-state index in [0.29, 0.717) is 35.4 Å². The highest BCUT2D eigenvalue weighted by molar-refractivity contribution is 5.76. The van der Waals surface area contributed by atoms with E-state index in [4.69, 9.17) is 14.5 Å². The summed E-state index contributed by atoms with van der Waals surface area (Å²) in [5.74, 6) is 1.77. The number of likely N-dealkylation sites (tertiary alicyclic amines) is 1. The molecular weight excluding hydrogens is 480 g/mol. The average molecular weight is 515 g/mol. The van der Waals surface area contributed by atoms with Crippen LogP contribution in [0.1, 0.15) is 31.4 Å². The molecule has 0 unspecified atom stereocenters. The topological polar surface area (TPSA) is 87.3 Å². The van der Waals surface area contributed by atoms with Crippen molar-refractivity contribution in [3.63, 3.8) is 0 Å². The van der Waals surface area contributed by atoms with Gasteiger partial charge in [-0.2, -0.15) is 5.10 Å². The molecule has 6 rings (SSSR count). The van der Waals surface area contributed by atoms with Gasteiger partial charge >= 0.3 is 0 Å². The monoisotopic (exact) mass is 514 g/mol. The molecule has 0 radical (unpaired) electrons. The standard InChI is InChI=1S/C29H34N6O3/c1-20-25(8-3-13-30-20)28-31-26-19-35(22-9-11-23(37-2)12-10-22)32-27(26)29(36)34(28)17-21-6-4-14-33(16-21)18-24-7-5-15-38-24/h3,8-13,19,21,24H,4-7,14-18H2,1-2H3/t21-,24+/m0/s1. The first-order chi connectivity index (χ1) is 18.6. The predicted molar refractivity (Wildman–Crippen MR) is 146 cm³/mol. The quantitative estimate of drug-likeness (QED) is 0.370. The van der Waals surface area contributed by atoms with Gasteiger partial charge in [-0.15, -0.1) is 0 Å². The highest BCUT2D eigenvalue weighted by atomic mass is 16.5. The maximum atomic E-state index is 14.0. The summed E-state index contributed by atoms with van der Waals surface area (Å²) in [4.78, 5) is 26.0. The lowest BCUT2D eigenvalue weighted by Crippen LogP contribution is -2.42. The molecule has 2 atom stereocenters. The number of methoxy groups -OCH3 is 1. The Labute approximate surface area is 222 Å². The number of aryl methyl sites for hydroxylation is 1. The zero-order chi connectivity index (χ0) is 26.1. The van der Waals surface area contributed by atoms with Gasteiger partial charge < -0.3 is 14.4 Å². The van der Waals surface area contributed by atoms with Crippen LogP contribution < -0.4 is 10.3 Å². The normalized spacial score (nSPS) is 20.3. The average Bonchev–Trinajstić information content (AvgIpc) is 3.61. The number of fused-ring (bicyclic) bond motifs is 1. The van der Waals surface area contributed by atoms with E-state index in [0.717, 1.165) is 74.6 Å². The summed E-state index contributed by atoms with van der Waals surface area (Å²) in [7, 11) is 1.64. The van der Waals surface area contributed by atoms with Gasteiger partial charge in [0.15, 0.2) is 5.52 Å². The molecule has 1 aromatic carbocycles. The maximum Gasteiger partial charge on any atom is 0.282 e. The van der Waals surface area contributed by atoms with E-state index < -0.39 is 0 Å². The Balaban J connectivity index is 1.37. The molecule has 0 spiro atoms. The number of ether oxygens (including phenoxy) is 2. The van der Waals surface area contributed by atoms with Crippen molar-refractivity contribution in [1.29, 1.82) is 0 Å². The minimum absolute atomic E-state index is 0.114. The molecule has 0 aliphatic carbocycles. The van der Waals surface area contributed by atoms with Gasteiger partial charge in [0.25, 0.3) is 5.56 Å². The van der Waals surface area contributed by atoms with Crippen LogP contribution in [0.3, 0.4) is 0 Å². The molecule has 9 heteroatoms. The van der Waals surface area contributed by atoms with Crippen LogP contribution >= 0.6 is 0 Å². The Morgan fingerprint density at radius 3 is 2.74 bits per heavy atom. The first kappa shape index (κ1) is 24.8. The van der Waals surface area contributed by atoms with Gasteiger partial charge in [-0.1, -0.05) is 0 Å². The molecule has 2 aliphatic heterocycles. The van der Waals surface area contributed by atoms with E-state index in [2.05, 4.69) is 15.0 Å². The second-order valence-corrected chi connectivity index (χ2v) is 10.4. The minimum atomic E-state index is -0.114. The molecule has 198 valence electrons. The van der Waals surface area contributed by atoms with Crippen LogP contribution in [0.5, 0.6) is 5.75 Å². The van der Waals surface area contributed by atoms with Crippen LogP contribution in [-0.4, -0.2) is 68.7 Å². The molecule has 5 heterocycles. The summed E-state index contributed by atoms with van der Waals surface area (Å²) in [6.45, 7) is 6.45. The number of aromatic nitrogens is 5. The summed E-state index contributed by atoms with van der Waals surface area (Å²) < 4.78 is 14.7. The molecule has 3 aromatic heterocycles. The van der Waals surface area contributed by atoms with Crippen molar-refractivity contribution in [2.75, 3.05) is 33.4 Å². The summed E-state index contributed by atoms with van der Waals surface area (Å²) >= 11 is 0. The van der Waals surface area contributed by atoms with Crippen LogP contribution in [0, 0.1) is 12.8 Å². The van der Waals surface area contributed by atoms with Crippen molar-refractivity contribution in [3.8, 4) is 22.8 Å². The van der Waals surface area contributed by atoms with E-state index >= 15 is 0 Å². The van der Waals surface area contributed by atoms with Crippen molar-refractivity contribution in [2.24, 2.45) is 5.92 Å². The van der Waals surface area contributed by atoms with Gasteiger partial charge in [-0.05, 0) is 81.5 Å². The van der Waals surface area contributed by atoms with Crippen LogP contribution in [0.15, 0.2) is 53.6 Å². The largest absolute Gasteiger partial charge is 0.497 e. The molecule has 0 saturated carbocycles. The molecule has 2 saturated heterocycles. The summed E-state index contributed by atoms with van der Waals surface area (Å²) in [6, 6.07) is 11.5.